The first-order chi connectivity index (χ1) is 20.8. The van der Waals surface area contributed by atoms with Crippen LogP contribution >= 0.6 is 0 Å². The van der Waals surface area contributed by atoms with Crippen LogP contribution in [0.1, 0.15) is 0 Å². The minimum absolute atomic E-state index is 0.653. The van der Waals surface area contributed by atoms with Gasteiger partial charge in [-0.05, 0) is 61.6 Å². The molecule has 0 N–H and O–H groups in total. The predicted octanol–water partition coefficient (Wildman–Crippen LogP) is 10.00. The summed E-state index contributed by atoms with van der Waals surface area (Å²) >= 11 is 0. The van der Waals surface area contributed by atoms with E-state index in [1.165, 1.54) is 26.9 Å². The van der Waals surface area contributed by atoms with Crippen LogP contribution in [0.2, 0.25) is 0 Å². The number of fused-ring (bicyclic) bond motifs is 4. The SMILES string of the molecule is c1ccc(-c2nc(-c3cccc(-c4ccc5ccccc5c4)c3)nc(-c3ccc4c(ccc5ccccc54)c3)n2)cc1. The molecular weight excluding hydrogens is 510 g/mol. The maximum absolute atomic E-state index is 5.03. The standard InChI is InChI=1S/C39H25N3/c1-2-11-28(12-3-1)37-40-38(33-15-8-14-30(24-33)31-19-17-26-9-4-5-13-29(26)23-31)42-39(41-37)34-21-22-36-32(25-34)20-18-27-10-6-7-16-35(27)36/h1-25H. The van der Waals surface area contributed by atoms with Gasteiger partial charge in [0.2, 0.25) is 0 Å². The van der Waals surface area contributed by atoms with Crippen LogP contribution in [0.3, 0.4) is 0 Å². The number of rotatable bonds is 4. The third kappa shape index (κ3) is 4.38. The fraction of sp³-hybridized carbons (Fsp3) is 0. The van der Waals surface area contributed by atoms with E-state index in [9.17, 15) is 0 Å². The lowest BCUT2D eigenvalue weighted by molar-refractivity contribution is 1.07. The van der Waals surface area contributed by atoms with Gasteiger partial charge in [0.25, 0.3) is 0 Å². The second kappa shape index (κ2) is 10.1. The highest BCUT2D eigenvalue weighted by Crippen LogP contribution is 2.32. The van der Waals surface area contributed by atoms with Crippen molar-refractivity contribution < 1.29 is 0 Å². The number of hydrogen-bond acceptors (Lipinski definition) is 3. The van der Waals surface area contributed by atoms with Crippen molar-refractivity contribution in [3.05, 3.63) is 152 Å². The first-order valence-corrected chi connectivity index (χ1v) is 14.1. The summed E-state index contributed by atoms with van der Waals surface area (Å²) in [4.78, 5) is 15.0. The lowest BCUT2D eigenvalue weighted by Gasteiger charge is -2.11. The molecule has 196 valence electrons. The zero-order valence-electron chi connectivity index (χ0n) is 22.8. The molecule has 0 atom stereocenters. The molecule has 0 saturated heterocycles. The van der Waals surface area contributed by atoms with Gasteiger partial charge in [0.05, 0.1) is 0 Å². The van der Waals surface area contributed by atoms with E-state index in [-0.39, 0.29) is 0 Å². The zero-order chi connectivity index (χ0) is 27.9. The van der Waals surface area contributed by atoms with E-state index in [2.05, 4.69) is 121 Å². The maximum atomic E-state index is 5.03. The van der Waals surface area contributed by atoms with E-state index >= 15 is 0 Å². The molecule has 0 saturated carbocycles. The van der Waals surface area contributed by atoms with Crippen LogP contribution in [-0.2, 0) is 0 Å². The molecule has 7 aromatic carbocycles. The molecule has 0 amide bonds. The van der Waals surface area contributed by atoms with Crippen LogP contribution in [0.5, 0.6) is 0 Å². The molecular formula is C39H25N3. The Bertz CT molecular complexity index is 2250. The Balaban J connectivity index is 1.27. The molecule has 0 aliphatic carbocycles. The molecule has 42 heavy (non-hydrogen) atoms. The molecule has 0 aliphatic rings. The van der Waals surface area contributed by atoms with Crippen LogP contribution in [0.4, 0.5) is 0 Å². The molecule has 8 aromatic rings. The minimum Gasteiger partial charge on any atom is -0.208 e. The number of benzene rings is 7. The van der Waals surface area contributed by atoms with Crippen LogP contribution in [0, 0.1) is 0 Å². The minimum atomic E-state index is 0.653. The highest BCUT2D eigenvalue weighted by molar-refractivity contribution is 6.08. The van der Waals surface area contributed by atoms with Crippen molar-refractivity contribution in [2.45, 2.75) is 0 Å². The Kier molecular flexibility index (Phi) is 5.79. The van der Waals surface area contributed by atoms with Gasteiger partial charge in [-0.1, -0.05) is 133 Å². The molecule has 8 rings (SSSR count). The molecule has 1 heterocycles. The second-order valence-electron chi connectivity index (χ2n) is 10.5. The topological polar surface area (TPSA) is 38.7 Å². The fourth-order valence-corrected chi connectivity index (χ4v) is 5.71. The van der Waals surface area contributed by atoms with E-state index in [0.717, 1.165) is 33.2 Å². The summed E-state index contributed by atoms with van der Waals surface area (Å²) in [6.07, 6.45) is 0. The summed E-state index contributed by atoms with van der Waals surface area (Å²) in [7, 11) is 0. The van der Waals surface area contributed by atoms with E-state index in [0.29, 0.717) is 17.5 Å². The maximum Gasteiger partial charge on any atom is 0.164 e. The van der Waals surface area contributed by atoms with Gasteiger partial charge in [-0.2, -0.15) is 0 Å². The van der Waals surface area contributed by atoms with Crippen molar-refractivity contribution in [3.8, 4) is 45.3 Å². The fourth-order valence-electron chi connectivity index (χ4n) is 5.71. The largest absolute Gasteiger partial charge is 0.208 e. The summed E-state index contributed by atoms with van der Waals surface area (Å²) in [5, 5.41) is 7.31. The lowest BCUT2D eigenvalue weighted by atomic mass is 9.99. The Morgan fingerprint density at radius 1 is 0.262 bits per heavy atom. The van der Waals surface area contributed by atoms with Gasteiger partial charge in [-0.15, -0.1) is 0 Å². The van der Waals surface area contributed by atoms with E-state index < -0.39 is 0 Å². The molecule has 0 radical (unpaired) electrons. The highest BCUT2D eigenvalue weighted by atomic mass is 15.0. The number of aromatic nitrogens is 3. The van der Waals surface area contributed by atoms with Crippen molar-refractivity contribution in [2.24, 2.45) is 0 Å². The van der Waals surface area contributed by atoms with Crippen LogP contribution in [0.25, 0.3) is 77.6 Å². The van der Waals surface area contributed by atoms with E-state index in [1.54, 1.807) is 0 Å². The molecule has 3 nitrogen and oxygen atoms in total. The van der Waals surface area contributed by atoms with Crippen molar-refractivity contribution >= 4 is 32.3 Å². The van der Waals surface area contributed by atoms with Crippen LogP contribution in [-0.4, -0.2) is 15.0 Å². The smallest absolute Gasteiger partial charge is 0.164 e. The van der Waals surface area contributed by atoms with E-state index in [4.69, 9.17) is 15.0 Å². The molecule has 0 unspecified atom stereocenters. The van der Waals surface area contributed by atoms with Crippen LogP contribution in [0.15, 0.2) is 152 Å². The third-order valence-corrected chi connectivity index (χ3v) is 7.87. The van der Waals surface area contributed by atoms with Gasteiger partial charge in [0, 0.05) is 16.7 Å². The van der Waals surface area contributed by atoms with Gasteiger partial charge in [-0.3, -0.25) is 0 Å². The molecule has 0 fully saturated rings. The van der Waals surface area contributed by atoms with Crippen molar-refractivity contribution in [3.63, 3.8) is 0 Å². The van der Waals surface area contributed by atoms with Crippen molar-refractivity contribution in [2.75, 3.05) is 0 Å². The molecule has 0 spiro atoms. The zero-order valence-corrected chi connectivity index (χ0v) is 22.8. The van der Waals surface area contributed by atoms with Gasteiger partial charge in [0.15, 0.2) is 17.5 Å². The normalized spacial score (nSPS) is 11.3. The second-order valence-corrected chi connectivity index (χ2v) is 10.5. The number of nitrogens with zero attached hydrogens (tertiary/aromatic N) is 3. The summed E-state index contributed by atoms with van der Waals surface area (Å²) in [6, 6.07) is 52.9. The highest BCUT2D eigenvalue weighted by Gasteiger charge is 2.14. The quantitative estimate of drug-likeness (QED) is 0.211. The first kappa shape index (κ1) is 24.2. The Hall–Kier alpha value is -5.67. The van der Waals surface area contributed by atoms with Crippen molar-refractivity contribution in [1.82, 2.24) is 15.0 Å². The average molecular weight is 536 g/mol. The average Bonchev–Trinajstić information content (AvgIpc) is 3.08. The first-order valence-electron chi connectivity index (χ1n) is 14.1. The summed E-state index contributed by atoms with van der Waals surface area (Å²) < 4.78 is 0. The van der Waals surface area contributed by atoms with Gasteiger partial charge in [-0.25, -0.2) is 15.0 Å². The summed E-state index contributed by atoms with van der Waals surface area (Å²) in [6.45, 7) is 0. The van der Waals surface area contributed by atoms with Crippen molar-refractivity contribution in [1.29, 1.82) is 0 Å². The van der Waals surface area contributed by atoms with Crippen LogP contribution < -0.4 is 0 Å². The Morgan fingerprint density at radius 3 is 1.60 bits per heavy atom. The lowest BCUT2D eigenvalue weighted by Crippen LogP contribution is -2.00. The monoisotopic (exact) mass is 535 g/mol. The van der Waals surface area contributed by atoms with Gasteiger partial charge in [0.1, 0.15) is 0 Å². The summed E-state index contributed by atoms with van der Waals surface area (Å²) in [5.74, 6) is 1.97. The van der Waals surface area contributed by atoms with E-state index in [1.807, 2.05) is 30.3 Å². The molecule has 0 bridgehead atoms. The number of hydrogen-bond donors (Lipinski definition) is 0. The molecule has 1 aromatic heterocycles. The third-order valence-electron chi connectivity index (χ3n) is 7.87. The summed E-state index contributed by atoms with van der Waals surface area (Å²) in [5.41, 5.74) is 5.16. The molecule has 3 heteroatoms. The van der Waals surface area contributed by atoms with Gasteiger partial charge >= 0.3 is 0 Å². The Morgan fingerprint density at radius 2 is 0.762 bits per heavy atom. The van der Waals surface area contributed by atoms with Gasteiger partial charge < -0.3 is 0 Å². The molecule has 0 aliphatic heterocycles. The Labute approximate surface area is 243 Å². The predicted molar refractivity (Wildman–Crippen MR) is 174 cm³/mol.